The normalized spacial score (nSPS) is 14.9. The van der Waals surface area contributed by atoms with E-state index in [1.807, 2.05) is 30.3 Å². The van der Waals surface area contributed by atoms with E-state index in [1.54, 1.807) is 6.33 Å². The molecule has 1 aromatic heterocycles. The zero-order valence-electron chi connectivity index (χ0n) is 15.3. The zero-order valence-corrected chi connectivity index (χ0v) is 15.3. The van der Waals surface area contributed by atoms with Crippen LogP contribution >= 0.6 is 0 Å². The van der Waals surface area contributed by atoms with Gasteiger partial charge in [0, 0.05) is 25.3 Å². The van der Waals surface area contributed by atoms with Crippen LogP contribution in [0.3, 0.4) is 0 Å². The Morgan fingerprint density at radius 1 is 1.27 bits per heavy atom. The van der Waals surface area contributed by atoms with Crippen molar-refractivity contribution in [2.45, 2.75) is 19.8 Å². The standard InChI is InChI=1S/C19H25N5O2/c1-3-24(15-7-5-4-6-8-15)18-16(20)17(21-13-22-18)23-11-9-14(10-12-23)19(25)26-2/h4-8,13-14H,3,9-12,20H2,1-2H3. The molecule has 0 unspecified atom stereocenters. The number of nitrogens with zero attached hydrogens (tertiary/aromatic N) is 4. The predicted molar refractivity (Wildman–Crippen MR) is 103 cm³/mol. The van der Waals surface area contributed by atoms with E-state index in [0.29, 0.717) is 11.5 Å². The summed E-state index contributed by atoms with van der Waals surface area (Å²) < 4.78 is 4.85. The number of hydrogen-bond donors (Lipinski definition) is 1. The van der Waals surface area contributed by atoms with Gasteiger partial charge in [-0.2, -0.15) is 0 Å². The maximum absolute atomic E-state index is 11.7. The average Bonchev–Trinajstić information content (AvgIpc) is 2.70. The molecule has 1 saturated heterocycles. The van der Waals surface area contributed by atoms with Crippen LogP contribution in [-0.2, 0) is 9.53 Å². The van der Waals surface area contributed by atoms with Gasteiger partial charge in [0.2, 0.25) is 0 Å². The summed E-state index contributed by atoms with van der Waals surface area (Å²) in [5.41, 5.74) is 8.05. The van der Waals surface area contributed by atoms with Crippen LogP contribution in [0.1, 0.15) is 19.8 Å². The number of anilines is 4. The van der Waals surface area contributed by atoms with Crippen molar-refractivity contribution in [1.29, 1.82) is 0 Å². The summed E-state index contributed by atoms with van der Waals surface area (Å²) in [7, 11) is 1.44. The maximum atomic E-state index is 11.7. The van der Waals surface area contributed by atoms with Gasteiger partial charge in [0.1, 0.15) is 12.0 Å². The van der Waals surface area contributed by atoms with Crippen molar-refractivity contribution < 1.29 is 9.53 Å². The summed E-state index contributed by atoms with van der Waals surface area (Å²) in [6, 6.07) is 10.0. The number of hydrogen-bond acceptors (Lipinski definition) is 7. The molecule has 138 valence electrons. The highest BCUT2D eigenvalue weighted by Gasteiger charge is 2.28. The topological polar surface area (TPSA) is 84.6 Å². The van der Waals surface area contributed by atoms with Gasteiger partial charge in [0.25, 0.3) is 0 Å². The van der Waals surface area contributed by atoms with Crippen LogP contribution in [0.15, 0.2) is 36.7 Å². The first-order valence-electron chi connectivity index (χ1n) is 8.91. The van der Waals surface area contributed by atoms with Gasteiger partial charge in [-0.05, 0) is 31.9 Å². The fourth-order valence-electron chi connectivity index (χ4n) is 3.40. The van der Waals surface area contributed by atoms with Crippen molar-refractivity contribution in [3.05, 3.63) is 36.7 Å². The van der Waals surface area contributed by atoms with E-state index in [9.17, 15) is 4.79 Å². The van der Waals surface area contributed by atoms with Crippen LogP contribution in [0, 0.1) is 5.92 Å². The van der Waals surface area contributed by atoms with Crippen molar-refractivity contribution in [3.8, 4) is 0 Å². The number of benzene rings is 1. The number of nitrogens with two attached hydrogens (primary N) is 1. The Hall–Kier alpha value is -2.83. The lowest BCUT2D eigenvalue weighted by Gasteiger charge is -2.33. The van der Waals surface area contributed by atoms with E-state index in [4.69, 9.17) is 10.5 Å². The molecule has 26 heavy (non-hydrogen) atoms. The van der Waals surface area contributed by atoms with Gasteiger partial charge in [-0.25, -0.2) is 9.97 Å². The molecule has 0 radical (unpaired) electrons. The van der Waals surface area contributed by atoms with Crippen LogP contribution in [-0.4, -0.2) is 42.7 Å². The Bertz CT molecular complexity index is 745. The summed E-state index contributed by atoms with van der Waals surface area (Å²) in [6.45, 7) is 4.25. The molecule has 7 heteroatoms. The summed E-state index contributed by atoms with van der Waals surface area (Å²) in [6.07, 6.45) is 3.03. The summed E-state index contributed by atoms with van der Waals surface area (Å²) in [5, 5.41) is 0. The quantitative estimate of drug-likeness (QED) is 0.825. The van der Waals surface area contributed by atoms with Gasteiger partial charge >= 0.3 is 5.97 Å². The minimum atomic E-state index is -0.137. The Labute approximate surface area is 153 Å². The number of carbonyl (C=O) groups excluding carboxylic acids is 1. The summed E-state index contributed by atoms with van der Waals surface area (Å²) in [4.78, 5) is 24.8. The number of rotatable bonds is 5. The number of methoxy groups -OCH3 is 1. The van der Waals surface area contributed by atoms with Crippen molar-refractivity contribution >= 4 is 29.0 Å². The molecule has 0 spiro atoms. The van der Waals surface area contributed by atoms with Crippen LogP contribution < -0.4 is 15.5 Å². The van der Waals surface area contributed by atoms with E-state index in [0.717, 1.165) is 44.0 Å². The molecule has 2 N–H and O–H groups in total. The van der Waals surface area contributed by atoms with Crippen LogP contribution in [0.5, 0.6) is 0 Å². The number of para-hydroxylation sites is 1. The second kappa shape index (κ2) is 8.03. The minimum Gasteiger partial charge on any atom is -0.469 e. The van der Waals surface area contributed by atoms with Crippen molar-refractivity contribution in [2.24, 2.45) is 5.92 Å². The molecule has 0 bridgehead atoms. The second-order valence-corrected chi connectivity index (χ2v) is 6.30. The number of nitrogen functional groups attached to an aromatic ring is 1. The predicted octanol–water partition coefficient (Wildman–Crippen LogP) is 2.61. The van der Waals surface area contributed by atoms with Crippen molar-refractivity contribution in [1.82, 2.24) is 9.97 Å². The molecule has 1 fully saturated rings. The number of aromatic nitrogens is 2. The van der Waals surface area contributed by atoms with E-state index in [2.05, 4.69) is 26.7 Å². The molecule has 0 amide bonds. The third-order valence-electron chi connectivity index (χ3n) is 4.81. The zero-order chi connectivity index (χ0) is 18.5. The van der Waals surface area contributed by atoms with Gasteiger partial charge in [-0.3, -0.25) is 4.79 Å². The molecule has 0 atom stereocenters. The molecule has 2 heterocycles. The fraction of sp³-hybridized carbons (Fsp3) is 0.421. The molecule has 1 aliphatic heterocycles. The van der Waals surface area contributed by atoms with E-state index in [-0.39, 0.29) is 11.9 Å². The van der Waals surface area contributed by atoms with Gasteiger partial charge in [0.05, 0.1) is 13.0 Å². The van der Waals surface area contributed by atoms with E-state index >= 15 is 0 Å². The molecule has 0 saturated carbocycles. The average molecular weight is 355 g/mol. The van der Waals surface area contributed by atoms with E-state index in [1.165, 1.54) is 7.11 Å². The van der Waals surface area contributed by atoms with Gasteiger partial charge in [-0.1, -0.05) is 18.2 Å². The lowest BCUT2D eigenvalue weighted by Crippen LogP contribution is -2.37. The Balaban J connectivity index is 1.83. The third-order valence-corrected chi connectivity index (χ3v) is 4.81. The second-order valence-electron chi connectivity index (χ2n) is 6.30. The molecule has 0 aliphatic carbocycles. The monoisotopic (exact) mass is 355 g/mol. The number of ether oxygens (including phenoxy) is 1. The Morgan fingerprint density at radius 3 is 2.58 bits per heavy atom. The molecule has 1 aliphatic rings. The fourth-order valence-corrected chi connectivity index (χ4v) is 3.40. The van der Waals surface area contributed by atoms with Crippen LogP contribution in [0.4, 0.5) is 23.0 Å². The molecule has 7 nitrogen and oxygen atoms in total. The molecule has 1 aromatic carbocycles. The SMILES string of the molecule is CCN(c1ccccc1)c1ncnc(N2CCC(C(=O)OC)CC2)c1N. The first-order valence-corrected chi connectivity index (χ1v) is 8.91. The van der Waals surface area contributed by atoms with Crippen molar-refractivity contribution in [2.75, 3.05) is 42.3 Å². The van der Waals surface area contributed by atoms with Crippen LogP contribution in [0.2, 0.25) is 0 Å². The Morgan fingerprint density at radius 2 is 1.96 bits per heavy atom. The smallest absolute Gasteiger partial charge is 0.308 e. The lowest BCUT2D eigenvalue weighted by atomic mass is 9.97. The maximum Gasteiger partial charge on any atom is 0.308 e. The molecule has 2 aromatic rings. The largest absolute Gasteiger partial charge is 0.469 e. The minimum absolute atomic E-state index is 0.0461. The lowest BCUT2D eigenvalue weighted by molar-refractivity contribution is -0.146. The summed E-state index contributed by atoms with van der Waals surface area (Å²) >= 11 is 0. The first-order chi connectivity index (χ1) is 12.7. The molecular weight excluding hydrogens is 330 g/mol. The molecular formula is C19H25N5O2. The third kappa shape index (κ3) is 3.56. The van der Waals surface area contributed by atoms with Crippen LogP contribution in [0.25, 0.3) is 0 Å². The number of esters is 1. The number of carbonyl (C=O) groups is 1. The highest BCUT2D eigenvalue weighted by atomic mass is 16.5. The molecule has 3 rings (SSSR count). The van der Waals surface area contributed by atoms with Gasteiger partial charge in [-0.15, -0.1) is 0 Å². The Kier molecular flexibility index (Phi) is 5.55. The highest BCUT2D eigenvalue weighted by molar-refractivity contribution is 5.80. The van der Waals surface area contributed by atoms with Gasteiger partial charge in [0.15, 0.2) is 11.6 Å². The van der Waals surface area contributed by atoms with E-state index < -0.39 is 0 Å². The first kappa shape index (κ1) is 18.0. The van der Waals surface area contributed by atoms with Gasteiger partial charge < -0.3 is 20.3 Å². The summed E-state index contributed by atoms with van der Waals surface area (Å²) in [5.74, 6) is 1.25. The number of piperidine rings is 1. The highest BCUT2D eigenvalue weighted by Crippen LogP contribution is 2.34. The van der Waals surface area contributed by atoms with Crippen molar-refractivity contribution in [3.63, 3.8) is 0 Å².